The molecule has 92 valence electrons. The minimum absolute atomic E-state index is 0.264. The fourth-order valence-corrected chi connectivity index (χ4v) is 2.35. The molecular formula is C12H11N3O3. The van der Waals surface area contributed by atoms with Crippen LogP contribution in [0.25, 0.3) is 0 Å². The number of urea groups is 1. The molecule has 6 heteroatoms. The topological polar surface area (TPSA) is 69.7 Å². The van der Waals surface area contributed by atoms with Gasteiger partial charge in [0.25, 0.3) is 11.8 Å². The van der Waals surface area contributed by atoms with Gasteiger partial charge in [-0.15, -0.1) is 0 Å². The van der Waals surface area contributed by atoms with Gasteiger partial charge in [0.05, 0.1) is 11.4 Å². The van der Waals surface area contributed by atoms with Gasteiger partial charge in [-0.1, -0.05) is 12.1 Å². The van der Waals surface area contributed by atoms with E-state index in [1.165, 1.54) is 4.90 Å². The highest BCUT2D eigenvalue weighted by atomic mass is 16.2. The van der Waals surface area contributed by atoms with Gasteiger partial charge >= 0.3 is 6.03 Å². The summed E-state index contributed by atoms with van der Waals surface area (Å²) in [6.45, 7) is 1.97. The lowest BCUT2D eigenvalue weighted by Gasteiger charge is -2.28. The normalized spacial score (nSPS) is 21.8. The number of nitrogens with zero attached hydrogens (tertiary/aromatic N) is 2. The summed E-state index contributed by atoms with van der Waals surface area (Å²) in [5.41, 5.74) is 1.12. The fraction of sp³-hybridized carbons (Fsp3) is 0.250. The van der Waals surface area contributed by atoms with Crippen molar-refractivity contribution in [1.82, 2.24) is 4.90 Å². The first-order valence-electron chi connectivity index (χ1n) is 5.69. The summed E-state index contributed by atoms with van der Waals surface area (Å²) in [5.74, 6) is -0.919. The quantitative estimate of drug-likeness (QED) is 0.587. The van der Waals surface area contributed by atoms with Crippen LogP contribution in [0.4, 0.5) is 16.2 Å². The summed E-state index contributed by atoms with van der Waals surface area (Å²) in [4.78, 5) is 38.4. The van der Waals surface area contributed by atoms with E-state index >= 15 is 0 Å². The van der Waals surface area contributed by atoms with Gasteiger partial charge < -0.3 is 5.32 Å². The first-order valence-corrected chi connectivity index (χ1v) is 5.69. The Bertz CT molecular complexity index is 569. The summed E-state index contributed by atoms with van der Waals surface area (Å²) in [7, 11) is 0. The number of amides is 4. The first-order chi connectivity index (χ1) is 8.65. The zero-order valence-electron chi connectivity index (χ0n) is 9.71. The molecule has 4 amide bonds. The van der Waals surface area contributed by atoms with Crippen molar-refractivity contribution in [2.75, 3.05) is 16.8 Å². The van der Waals surface area contributed by atoms with E-state index in [1.54, 1.807) is 31.2 Å². The molecule has 1 atom stereocenters. The van der Waals surface area contributed by atoms with Gasteiger partial charge in [-0.3, -0.25) is 19.4 Å². The van der Waals surface area contributed by atoms with Crippen molar-refractivity contribution >= 4 is 29.2 Å². The number of benzene rings is 1. The van der Waals surface area contributed by atoms with Crippen LogP contribution in [0.1, 0.15) is 6.92 Å². The van der Waals surface area contributed by atoms with E-state index in [9.17, 15) is 14.4 Å². The van der Waals surface area contributed by atoms with E-state index in [-0.39, 0.29) is 6.54 Å². The molecule has 2 aliphatic heterocycles. The van der Waals surface area contributed by atoms with Crippen LogP contribution < -0.4 is 10.2 Å². The monoisotopic (exact) mass is 245 g/mol. The van der Waals surface area contributed by atoms with Crippen LogP contribution in [-0.4, -0.2) is 35.3 Å². The molecule has 1 saturated heterocycles. The number of fused-ring (bicyclic) bond motifs is 3. The average molecular weight is 245 g/mol. The van der Waals surface area contributed by atoms with Crippen molar-refractivity contribution in [3.05, 3.63) is 24.3 Å². The van der Waals surface area contributed by atoms with Crippen molar-refractivity contribution in [2.45, 2.75) is 13.0 Å². The van der Waals surface area contributed by atoms with Crippen LogP contribution >= 0.6 is 0 Å². The van der Waals surface area contributed by atoms with Gasteiger partial charge in [-0.25, -0.2) is 4.79 Å². The number of anilines is 2. The van der Waals surface area contributed by atoms with Crippen LogP contribution in [0.2, 0.25) is 0 Å². The SMILES string of the molecule is CCN1C(=O)C2C(=O)Nc3ccccc3N2C1=O. The van der Waals surface area contributed by atoms with Crippen LogP contribution in [0, 0.1) is 0 Å². The van der Waals surface area contributed by atoms with E-state index in [4.69, 9.17) is 0 Å². The van der Waals surface area contributed by atoms with Crippen LogP contribution in [-0.2, 0) is 9.59 Å². The fourth-order valence-electron chi connectivity index (χ4n) is 2.35. The maximum Gasteiger partial charge on any atom is 0.332 e. The van der Waals surface area contributed by atoms with E-state index in [2.05, 4.69) is 5.32 Å². The largest absolute Gasteiger partial charge is 0.332 e. The second kappa shape index (κ2) is 3.56. The maximum atomic E-state index is 12.1. The highest BCUT2D eigenvalue weighted by molar-refractivity contribution is 6.28. The van der Waals surface area contributed by atoms with Gasteiger partial charge in [-0.2, -0.15) is 0 Å². The predicted molar refractivity (Wildman–Crippen MR) is 64.1 cm³/mol. The molecule has 18 heavy (non-hydrogen) atoms. The van der Waals surface area contributed by atoms with Crippen molar-refractivity contribution in [3.8, 4) is 0 Å². The minimum Gasteiger partial charge on any atom is -0.322 e. The molecule has 0 radical (unpaired) electrons. The number of para-hydroxylation sites is 2. The molecule has 0 aliphatic carbocycles. The molecule has 1 unspecified atom stereocenters. The molecule has 2 aliphatic rings. The lowest BCUT2D eigenvalue weighted by Crippen LogP contribution is -2.48. The minimum atomic E-state index is -1.06. The molecule has 1 aromatic rings. The van der Waals surface area contributed by atoms with Gasteiger partial charge in [0.1, 0.15) is 0 Å². The number of hydrogen-bond acceptors (Lipinski definition) is 3. The van der Waals surface area contributed by atoms with Crippen molar-refractivity contribution in [2.24, 2.45) is 0 Å². The van der Waals surface area contributed by atoms with Gasteiger partial charge in [0.15, 0.2) is 6.04 Å². The molecule has 1 fully saturated rings. The van der Waals surface area contributed by atoms with Crippen LogP contribution in [0.15, 0.2) is 24.3 Å². The summed E-state index contributed by atoms with van der Waals surface area (Å²) < 4.78 is 0. The number of carbonyl (C=O) groups excluding carboxylic acids is 3. The van der Waals surface area contributed by atoms with Crippen LogP contribution in [0.5, 0.6) is 0 Å². The molecule has 0 saturated carbocycles. The van der Waals surface area contributed by atoms with Crippen LogP contribution in [0.3, 0.4) is 0 Å². The summed E-state index contributed by atoms with van der Waals surface area (Å²) in [6, 6.07) is 5.45. The van der Waals surface area contributed by atoms with Gasteiger partial charge in [-0.05, 0) is 19.1 Å². The smallest absolute Gasteiger partial charge is 0.322 e. The maximum absolute atomic E-state index is 12.1. The Morgan fingerprint density at radius 3 is 2.67 bits per heavy atom. The lowest BCUT2D eigenvalue weighted by molar-refractivity contribution is -0.131. The van der Waals surface area contributed by atoms with Crippen molar-refractivity contribution in [1.29, 1.82) is 0 Å². The number of hydrogen-bond donors (Lipinski definition) is 1. The predicted octanol–water partition coefficient (Wildman–Crippen LogP) is 0.796. The molecule has 1 aromatic carbocycles. The zero-order valence-corrected chi connectivity index (χ0v) is 9.71. The molecule has 0 bridgehead atoms. The Morgan fingerprint density at radius 1 is 1.22 bits per heavy atom. The second-order valence-corrected chi connectivity index (χ2v) is 4.14. The van der Waals surface area contributed by atoms with Crippen molar-refractivity contribution in [3.63, 3.8) is 0 Å². The summed E-state index contributed by atoms with van der Waals surface area (Å²) >= 11 is 0. The average Bonchev–Trinajstić information content (AvgIpc) is 2.62. The molecule has 0 aromatic heterocycles. The van der Waals surface area contributed by atoms with Crippen molar-refractivity contribution < 1.29 is 14.4 Å². The third-order valence-corrected chi connectivity index (χ3v) is 3.18. The third-order valence-electron chi connectivity index (χ3n) is 3.18. The highest BCUT2D eigenvalue weighted by Gasteiger charge is 2.51. The summed E-state index contributed by atoms with van der Waals surface area (Å²) in [5, 5.41) is 2.65. The molecule has 3 rings (SSSR count). The summed E-state index contributed by atoms with van der Waals surface area (Å²) in [6.07, 6.45) is 0. The van der Waals surface area contributed by atoms with Gasteiger partial charge in [0.2, 0.25) is 0 Å². The molecule has 0 spiro atoms. The Morgan fingerprint density at radius 2 is 1.94 bits per heavy atom. The van der Waals surface area contributed by atoms with Gasteiger partial charge in [0, 0.05) is 6.54 Å². The number of imide groups is 1. The second-order valence-electron chi connectivity index (χ2n) is 4.14. The first kappa shape index (κ1) is 10.8. The van der Waals surface area contributed by atoms with E-state index < -0.39 is 23.9 Å². The number of likely N-dealkylation sites (N-methyl/N-ethyl adjacent to an activating group) is 1. The standard InChI is InChI=1S/C12H11N3O3/c1-2-14-11(17)9-10(16)13-7-5-3-4-6-8(7)15(9)12(14)18/h3-6,9H,2H2,1H3,(H,13,16). The van der Waals surface area contributed by atoms with E-state index in [1.807, 2.05) is 0 Å². The Kier molecular flexibility index (Phi) is 2.13. The number of carbonyl (C=O) groups is 3. The number of rotatable bonds is 1. The molecular weight excluding hydrogens is 234 g/mol. The zero-order chi connectivity index (χ0) is 12.9. The Balaban J connectivity index is 2.16. The number of nitrogens with one attached hydrogen (secondary N) is 1. The molecule has 2 heterocycles. The highest BCUT2D eigenvalue weighted by Crippen LogP contribution is 2.36. The Labute approximate surface area is 103 Å². The Hall–Kier alpha value is -2.37. The van der Waals surface area contributed by atoms with E-state index in [0.29, 0.717) is 11.4 Å². The molecule has 6 nitrogen and oxygen atoms in total. The third kappa shape index (κ3) is 1.20. The molecule has 1 N–H and O–H groups in total. The lowest BCUT2D eigenvalue weighted by atomic mass is 10.1. The van der Waals surface area contributed by atoms with E-state index in [0.717, 1.165) is 4.90 Å².